The van der Waals surface area contributed by atoms with Crippen molar-refractivity contribution in [2.24, 2.45) is 0 Å². The lowest BCUT2D eigenvalue weighted by Crippen LogP contribution is -2.34. The molecule has 2 aromatic rings. The molecule has 8 heteroatoms. The predicted octanol–water partition coefficient (Wildman–Crippen LogP) is 2.18. The summed E-state index contributed by atoms with van der Waals surface area (Å²) in [5.74, 6) is 0.659. The first-order valence-electron chi connectivity index (χ1n) is 8.94. The average molecular weight is 371 g/mol. The van der Waals surface area contributed by atoms with E-state index in [0.717, 1.165) is 30.5 Å². The van der Waals surface area contributed by atoms with Gasteiger partial charge < -0.3 is 20.3 Å². The third-order valence-electron chi connectivity index (χ3n) is 4.57. The molecular formula is C19H25N5O3. The van der Waals surface area contributed by atoms with E-state index in [2.05, 4.69) is 15.7 Å². The molecule has 0 radical (unpaired) electrons. The highest BCUT2D eigenvalue weighted by Gasteiger charge is 2.26. The second kappa shape index (κ2) is 8.11. The summed E-state index contributed by atoms with van der Waals surface area (Å²) in [6.07, 6.45) is 4.59. The van der Waals surface area contributed by atoms with Crippen LogP contribution in [0.1, 0.15) is 30.1 Å². The van der Waals surface area contributed by atoms with E-state index in [9.17, 15) is 9.59 Å². The van der Waals surface area contributed by atoms with E-state index in [-0.39, 0.29) is 24.5 Å². The zero-order valence-electron chi connectivity index (χ0n) is 15.9. The Kier molecular flexibility index (Phi) is 5.63. The summed E-state index contributed by atoms with van der Waals surface area (Å²) in [5, 5.41) is 10.4. The van der Waals surface area contributed by atoms with Crippen LogP contribution in [0, 0.1) is 0 Å². The second-order valence-electron chi connectivity index (χ2n) is 6.80. The molecule has 0 saturated heterocycles. The van der Waals surface area contributed by atoms with E-state index < -0.39 is 0 Å². The number of urea groups is 1. The molecule has 0 aliphatic heterocycles. The first-order valence-corrected chi connectivity index (χ1v) is 8.94. The predicted molar refractivity (Wildman–Crippen MR) is 102 cm³/mol. The zero-order chi connectivity index (χ0) is 19.4. The molecule has 2 N–H and O–H groups in total. The van der Waals surface area contributed by atoms with Crippen LogP contribution in [0.2, 0.25) is 0 Å². The minimum absolute atomic E-state index is 0.0184. The van der Waals surface area contributed by atoms with Gasteiger partial charge >= 0.3 is 6.03 Å². The molecule has 1 aliphatic rings. The summed E-state index contributed by atoms with van der Waals surface area (Å²) in [4.78, 5) is 25.9. The molecule has 1 aliphatic carbocycles. The van der Waals surface area contributed by atoms with Crippen LogP contribution in [0.5, 0.6) is 5.75 Å². The van der Waals surface area contributed by atoms with Crippen molar-refractivity contribution in [3.8, 4) is 5.75 Å². The summed E-state index contributed by atoms with van der Waals surface area (Å²) >= 11 is 0. The van der Waals surface area contributed by atoms with Crippen molar-refractivity contribution >= 4 is 17.6 Å². The number of methoxy groups -OCH3 is 1. The Morgan fingerprint density at radius 1 is 1.37 bits per heavy atom. The lowest BCUT2D eigenvalue weighted by molar-refractivity contribution is -0.129. The van der Waals surface area contributed by atoms with Crippen molar-refractivity contribution in [3.63, 3.8) is 0 Å². The largest absolute Gasteiger partial charge is 0.497 e. The van der Waals surface area contributed by atoms with Gasteiger partial charge in [-0.1, -0.05) is 6.07 Å². The van der Waals surface area contributed by atoms with Crippen LogP contribution >= 0.6 is 0 Å². The van der Waals surface area contributed by atoms with Crippen LogP contribution in [0.3, 0.4) is 0 Å². The number of hydrogen-bond acceptors (Lipinski definition) is 4. The molecule has 1 aromatic heterocycles. The number of carbonyl (C=O) groups is 2. The van der Waals surface area contributed by atoms with E-state index in [0.29, 0.717) is 11.4 Å². The monoisotopic (exact) mass is 371 g/mol. The molecule has 144 valence electrons. The van der Waals surface area contributed by atoms with Gasteiger partial charge in [0.2, 0.25) is 5.91 Å². The van der Waals surface area contributed by atoms with Gasteiger partial charge in [0.1, 0.15) is 12.3 Å². The van der Waals surface area contributed by atoms with Crippen LogP contribution in [0.15, 0.2) is 30.5 Å². The van der Waals surface area contributed by atoms with Gasteiger partial charge in [0.05, 0.1) is 18.8 Å². The number of ether oxygens (including phenoxy) is 1. The van der Waals surface area contributed by atoms with Crippen molar-refractivity contribution in [2.75, 3.05) is 26.5 Å². The third kappa shape index (κ3) is 4.58. The Morgan fingerprint density at radius 3 is 2.93 bits per heavy atom. The summed E-state index contributed by atoms with van der Waals surface area (Å²) in [6, 6.07) is 6.73. The van der Waals surface area contributed by atoms with Gasteiger partial charge in [0, 0.05) is 32.0 Å². The number of hydrogen-bond donors (Lipinski definition) is 2. The SMILES string of the molecule is COc1cccc(NC(=O)NC2CCCc3cn(CC(=O)N(C)C)nc32)c1. The molecule has 27 heavy (non-hydrogen) atoms. The fourth-order valence-corrected chi connectivity index (χ4v) is 3.12. The van der Waals surface area contributed by atoms with Crippen molar-refractivity contribution in [1.29, 1.82) is 0 Å². The van der Waals surface area contributed by atoms with Crippen molar-refractivity contribution in [3.05, 3.63) is 41.7 Å². The van der Waals surface area contributed by atoms with E-state index in [1.54, 1.807) is 38.0 Å². The molecule has 0 spiro atoms. The number of nitrogens with one attached hydrogen (secondary N) is 2. The number of likely N-dealkylation sites (N-methyl/N-ethyl adjacent to an activating group) is 1. The normalized spacial score (nSPS) is 15.6. The summed E-state index contributed by atoms with van der Waals surface area (Å²) < 4.78 is 6.83. The molecule has 8 nitrogen and oxygen atoms in total. The lowest BCUT2D eigenvalue weighted by atomic mass is 9.94. The minimum atomic E-state index is -0.292. The second-order valence-corrected chi connectivity index (χ2v) is 6.80. The van der Waals surface area contributed by atoms with E-state index >= 15 is 0 Å². The Hall–Kier alpha value is -3.03. The number of aryl methyl sites for hydroxylation is 1. The molecular weight excluding hydrogens is 346 g/mol. The van der Waals surface area contributed by atoms with Crippen molar-refractivity contribution < 1.29 is 14.3 Å². The van der Waals surface area contributed by atoms with Crippen LogP contribution in [0.25, 0.3) is 0 Å². The molecule has 1 heterocycles. The zero-order valence-corrected chi connectivity index (χ0v) is 15.9. The van der Waals surface area contributed by atoms with Crippen LogP contribution in [-0.4, -0.2) is 47.8 Å². The highest BCUT2D eigenvalue weighted by Crippen LogP contribution is 2.28. The lowest BCUT2D eigenvalue weighted by Gasteiger charge is -2.22. The van der Waals surface area contributed by atoms with Gasteiger partial charge in [0.15, 0.2) is 0 Å². The molecule has 0 fully saturated rings. The number of carbonyl (C=O) groups excluding carboxylic acids is 2. The maximum atomic E-state index is 12.4. The van der Waals surface area contributed by atoms with Gasteiger partial charge in [-0.2, -0.15) is 5.10 Å². The summed E-state index contributed by atoms with van der Waals surface area (Å²) in [6.45, 7) is 0.197. The minimum Gasteiger partial charge on any atom is -0.497 e. The first kappa shape index (κ1) is 18.8. The fourth-order valence-electron chi connectivity index (χ4n) is 3.12. The average Bonchev–Trinajstić information content (AvgIpc) is 3.05. The Morgan fingerprint density at radius 2 is 2.19 bits per heavy atom. The molecule has 1 atom stereocenters. The van der Waals surface area contributed by atoms with Gasteiger partial charge in [-0.15, -0.1) is 0 Å². The topological polar surface area (TPSA) is 88.5 Å². The Labute approximate surface area is 158 Å². The van der Waals surface area contributed by atoms with Crippen molar-refractivity contribution in [2.45, 2.75) is 31.8 Å². The third-order valence-corrected chi connectivity index (χ3v) is 4.57. The van der Waals surface area contributed by atoms with Crippen LogP contribution < -0.4 is 15.4 Å². The smallest absolute Gasteiger partial charge is 0.319 e. The van der Waals surface area contributed by atoms with E-state index in [1.807, 2.05) is 18.3 Å². The van der Waals surface area contributed by atoms with Crippen LogP contribution in [-0.2, 0) is 17.8 Å². The first-order chi connectivity index (χ1) is 13.0. The number of anilines is 1. The van der Waals surface area contributed by atoms with Crippen LogP contribution in [0.4, 0.5) is 10.5 Å². The Bertz CT molecular complexity index is 831. The number of rotatable bonds is 5. The van der Waals surface area contributed by atoms with Gasteiger partial charge in [-0.05, 0) is 37.0 Å². The standard InChI is InChI=1S/C19H25N5O3/c1-23(2)17(25)12-24-11-13-6-4-9-16(18(13)22-24)21-19(26)20-14-7-5-8-15(10-14)27-3/h5,7-8,10-11,16H,4,6,9,12H2,1-3H3,(H2,20,21,26). The van der Waals surface area contributed by atoms with Gasteiger partial charge in [0.25, 0.3) is 0 Å². The maximum Gasteiger partial charge on any atom is 0.319 e. The van der Waals surface area contributed by atoms with Gasteiger partial charge in [-0.25, -0.2) is 4.79 Å². The molecule has 0 bridgehead atoms. The molecule has 1 unspecified atom stereocenters. The maximum absolute atomic E-state index is 12.4. The molecule has 3 rings (SSSR count). The fraction of sp³-hybridized carbons (Fsp3) is 0.421. The van der Waals surface area contributed by atoms with E-state index in [4.69, 9.17) is 4.74 Å². The highest BCUT2D eigenvalue weighted by molar-refractivity contribution is 5.89. The number of aromatic nitrogens is 2. The molecule has 0 saturated carbocycles. The van der Waals surface area contributed by atoms with E-state index in [1.165, 1.54) is 4.90 Å². The number of nitrogens with zero attached hydrogens (tertiary/aromatic N) is 3. The number of fused-ring (bicyclic) bond motifs is 1. The van der Waals surface area contributed by atoms with Gasteiger partial charge in [-0.3, -0.25) is 9.48 Å². The molecule has 1 aromatic carbocycles. The highest BCUT2D eigenvalue weighted by atomic mass is 16.5. The Balaban J connectivity index is 1.67. The quantitative estimate of drug-likeness (QED) is 0.843. The van der Waals surface area contributed by atoms with Crippen molar-refractivity contribution in [1.82, 2.24) is 20.0 Å². The molecule has 3 amide bonds. The summed E-state index contributed by atoms with van der Waals surface area (Å²) in [5.41, 5.74) is 2.58. The number of amides is 3. The summed E-state index contributed by atoms with van der Waals surface area (Å²) in [7, 11) is 5.03. The number of benzene rings is 1.